The predicted octanol–water partition coefficient (Wildman–Crippen LogP) is 6.78. The van der Waals surface area contributed by atoms with Crippen LogP contribution in [0.25, 0.3) is 0 Å². The Balaban J connectivity index is 0.983. The summed E-state index contributed by atoms with van der Waals surface area (Å²) in [6.07, 6.45) is 10.1. The third kappa shape index (κ3) is 8.27. The molecule has 0 spiro atoms. The second kappa shape index (κ2) is 14.4. The number of epoxide rings is 1. The predicted molar refractivity (Wildman–Crippen MR) is 160 cm³/mol. The van der Waals surface area contributed by atoms with Gasteiger partial charge in [-0.15, -0.1) is 0 Å². The largest absolute Gasteiger partial charge is 0.493 e. The van der Waals surface area contributed by atoms with Gasteiger partial charge in [0.1, 0.15) is 11.5 Å². The van der Waals surface area contributed by atoms with Gasteiger partial charge in [0.25, 0.3) is 0 Å². The topological polar surface area (TPSA) is 83.6 Å². The van der Waals surface area contributed by atoms with Crippen molar-refractivity contribution < 1.29 is 33.3 Å². The summed E-state index contributed by atoms with van der Waals surface area (Å²) >= 11 is 0. The van der Waals surface area contributed by atoms with Crippen molar-refractivity contribution in [2.45, 2.75) is 95.7 Å². The second-order valence-electron chi connectivity index (χ2n) is 12.5. The van der Waals surface area contributed by atoms with E-state index in [2.05, 4.69) is 38.1 Å². The van der Waals surface area contributed by atoms with Gasteiger partial charge < -0.3 is 23.7 Å². The fraction of sp³-hybridized carbons (Fsp3) is 0.600. The van der Waals surface area contributed by atoms with Crippen LogP contribution in [0.4, 0.5) is 0 Å². The monoisotopic (exact) mass is 578 g/mol. The van der Waals surface area contributed by atoms with Gasteiger partial charge in [-0.1, -0.05) is 57.4 Å². The first-order chi connectivity index (χ1) is 20.4. The van der Waals surface area contributed by atoms with E-state index in [-0.39, 0.29) is 35.3 Å². The minimum Gasteiger partial charge on any atom is -0.493 e. The first-order valence-electron chi connectivity index (χ1n) is 15.9. The Kier molecular flexibility index (Phi) is 10.4. The van der Waals surface area contributed by atoms with Crippen molar-refractivity contribution in [3.63, 3.8) is 0 Å². The molecule has 2 aliphatic carbocycles. The van der Waals surface area contributed by atoms with Crippen molar-refractivity contribution in [1.82, 2.24) is 0 Å². The fourth-order valence-corrected chi connectivity index (χ4v) is 6.14. The van der Waals surface area contributed by atoms with E-state index in [1.807, 2.05) is 24.3 Å². The van der Waals surface area contributed by atoms with Crippen molar-refractivity contribution >= 4 is 11.9 Å². The third-order valence-corrected chi connectivity index (χ3v) is 9.03. The highest BCUT2D eigenvalue weighted by Gasteiger charge is 2.46. The lowest BCUT2D eigenvalue weighted by Gasteiger charge is -2.26. The summed E-state index contributed by atoms with van der Waals surface area (Å²) in [6.45, 7) is 6.21. The zero-order valence-electron chi connectivity index (χ0n) is 25.2. The Bertz CT molecular complexity index is 1150. The van der Waals surface area contributed by atoms with E-state index in [0.717, 1.165) is 56.4 Å². The van der Waals surface area contributed by atoms with E-state index in [9.17, 15) is 9.59 Å². The molecular weight excluding hydrogens is 532 g/mol. The molecule has 0 bridgehead atoms. The van der Waals surface area contributed by atoms with Gasteiger partial charge in [-0.25, -0.2) is 0 Å². The average molecular weight is 579 g/mol. The number of hydrogen-bond acceptors (Lipinski definition) is 7. The van der Waals surface area contributed by atoms with Crippen molar-refractivity contribution in [2.75, 3.05) is 26.4 Å². The lowest BCUT2D eigenvalue weighted by atomic mass is 9.78. The maximum absolute atomic E-state index is 12.3. The molecule has 1 heterocycles. The minimum absolute atomic E-state index is 0.0112. The van der Waals surface area contributed by atoms with Gasteiger partial charge in [-0.3, -0.25) is 9.59 Å². The number of hydrogen-bond donors (Lipinski definition) is 0. The van der Waals surface area contributed by atoms with E-state index in [4.69, 9.17) is 23.7 Å². The van der Waals surface area contributed by atoms with Crippen LogP contribution in [0.5, 0.6) is 11.5 Å². The highest BCUT2D eigenvalue weighted by Crippen LogP contribution is 2.40. The Labute approximate surface area is 250 Å². The third-order valence-electron chi connectivity index (χ3n) is 9.03. The summed E-state index contributed by atoms with van der Waals surface area (Å²) in [5, 5.41) is 0. The Hall–Kier alpha value is -3.06. The quantitative estimate of drug-likeness (QED) is 0.139. The fourth-order valence-electron chi connectivity index (χ4n) is 6.14. The summed E-state index contributed by atoms with van der Waals surface area (Å²) in [7, 11) is 0. The lowest BCUT2D eigenvalue weighted by molar-refractivity contribution is -0.150. The average Bonchev–Trinajstić information content (AvgIpc) is 3.81. The number of esters is 2. The maximum atomic E-state index is 12.3. The number of ether oxygens (including phenoxy) is 5. The minimum atomic E-state index is -0.191. The first kappa shape index (κ1) is 30.4. The summed E-state index contributed by atoms with van der Waals surface area (Å²) in [6, 6.07) is 16.4. The molecule has 7 nitrogen and oxygen atoms in total. The van der Waals surface area contributed by atoms with E-state index in [1.165, 1.54) is 17.5 Å². The molecule has 3 fully saturated rings. The van der Waals surface area contributed by atoms with Gasteiger partial charge in [0.15, 0.2) is 0 Å². The maximum Gasteiger partial charge on any atom is 0.309 e. The van der Waals surface area contributed by atoms with Crippen LogP contribution in [-0.2, 0) is 29.2 Å². The Morgan fingerprint density at radius 3 is 1.71 bits per heavy atom. The Morgan fingerprint density at radius 2 is 1.19 bits per heavy atom. The summed E-state index contributed by atoms with van der Waals surface area (Å²) < 4.78 is 28.2. The van der Waals surface area contributed by atoms with Crippen LogP contribution in [0.1, 0.15) is 89.2 Å². The molecule has 228 valence electrons. The highest BCUT2D eigenvalue weighted by molar-refractivity contribution is 5.73. The molecule has 42 heavy (non-hydrogen) atoms. The van der Waals surface area contributed by atoms with Crippen LogP contribution in [0, 0.1) is 11.8 Å². The van der Waals surface area contributed by atoms with E-state index < -0.39 is 0 Å². The zero-order valence-corrected chi connectivity index (χ0v) is 25.2. The van der Waals surface area contributed by atoms with Gasteiger partial charge in [0.2, 0.25) is 0 Å². The molecule has 3 aliphatic rings. The lowest BCUT2D eigenvalue weighted by Crippen LogP contribution is -2.24. The van der Waals surface area contributed by atoms with Crippen LogP contribution in [0.3, 0.4) is 0 Å². The number of carbonyl (C=O) groups excluding carboxylic acids is 2. The van der Waals surface area contributed by atoms with Crippen LogP contribution >= 0.6 is 0 Å². The molecule has 1 aliphatic heterocycles. The number of rotatable bonds is 14. The van der Waals surface area contributed by atoms with E-state index >= 15 is 0 Å². The van der Waals surface area contributed by atoms with Gasteiger partial charge >= 0.3 is 11.9 Å². The molecule has 0 aromatic heterocycles. The smallest absolute Gasteiger partial charge is 0.309 e. The zero-order chi connectivity index (χ0) is 29.4. The molecule has 2 unspecified atom stereocenters. The summed E-state index contributed by atoms with van der Waals surface area (Å²) in [4.78, 5) is 24.4. The molecular formula is C35H46O7. The molecule has 1 saturated heterocycles. The number of carbonyl (C=O) groups is 2. The molecule has 5 rings (SSSR count). The SMILES string of the molecule is CC(C)(c1ccc(OCCCOC(=O)C2CCCCC2)cc1)c1ccc(OCCCOC(=O)[C@H]2CCC3OC3C2)cc1. The summed E-state index contributed by atoms with van der Waals surface area (Å²) in [5.41, 5.74) is 2.18. The van der Waals surface area contributed by atoms with Crippen LogP contribution in [0.2, 0.25) is 0 Å². The highest BCUT2D eigenvalue weighted by atomic mass is 16.6. The van der Waals surface area contributed by atoms with Gasteiger partial charge in [0, 0.05) is 18.3 Å². The van der Waals surface area contributed by atoms with Crippen molar-refractivity contribution in [2.24, 2.45) is 11.8 Å². The van der Waals surface area contributed by atoms with Gasteiger partial charge in [-0.2, -0.15) is 0 Å². The van der Waals surface area contributed by atoms with Crippen LogP contribution in [0.15, 0.2) is 48.5 Å². The molecule has 3 atom stereocenters. The Morgan fingerprint density at radius 1 is 0.667 bits per heavy atom. The number of fused-ring (bicyclic) bond motifs is 1. The molecule has 2 aromatic rings. The van der Waals surface area contributed by atoms with E-state index in [0.29, 0.717) is 45.4 Å². The molecule has 2 saturated carbocycles. The van der Waals surface area contributed by atoms with E-state index in [1.54, 1.807) is 0 Å². The normalized spacial score (nSPS) is 22.1. The first-order valence-corrected chi connectivity index (χ1v) is 15.9. The van der Waals surface area contributed by atoms with Crippen LogP contribution in [-0.4, -0.2) is 50.6 Å². The molecule has 0 amide bonds. The second-order valence-corrected chi connectivity index (χ2v) is 12.5. The van der Waals surface area contributed by atoms with Crippen LogP contribution < -0.4 is 9.47 Å². The molecule has 0 radical (unpaired) electrons. The standard InChI is InChI=1S/C35H46O7/c1-35(2,27-11-15-29(16-12-27)38-20-6-22-40-33(36)25-8-4-3-5-9-25)28-13-17-30(18-14-28)39-21-7-23-41-34(37)26-10-19-31-32(24-26)42-31/h11-18,25-26,31-32H,3-10,19-24H2,1-2H3/t26-,31?,32?/m0/s1. The molecule has 7 heteroatoms. The van der Waals surface area contributed by atoms with Crippen molar-refractivity contribution in [3.8, 4) is 11.5 Å². The van der Waals surface area contributed by atoms with Gasteiger partial charge in [0.05, 0.1) is 50.5 Å². The van der Waals surface area contributed by atoms with Gasteiger partial charge in [-0.05, 0) is 67.5 Å². The molecule has 0 N–H and O–H groups in total. The molecule has 2 aromatic carbocycles. The number of benzene rings is 2. The summed E-state index contributed by atoms with van der Waals surface area (Å²) in [5.74, 6) is 1.56. The van der Waals surface area contributed by atoms with Crippen molar-refractivity contribution in [3.05, 3.63) is 59.7 Å². The van der Waals surface area contributed by atoms with Crippen molar-refractivity contribution in [1.29, 1.82) is 0 Å².